The molecule has 0 unspecified atom stereocenters. The standard InChI is InChI=1S/C12H20/c1-4-10(3)8-12-7-6-11(5-2)9-12/h7,9-10H,4-6,8H2,1-3H3/t10-/m1/s1. The second-order valence-corrected chi connectivity index (χ2v) is 3.86. The van der Waals surface area contributed by atoms with Gasteiger partial charge in [0, 0.05) is 0 Å². The van der Waals surface area contributed by atoms with Crippen molar-refractivity contribution in [1.82, 2.24) is 0 Å². The SMILES string of the molecule is CCC1=CC(C[C@H](C)CC)=CC1. The van der Waals surface area contributed by atoms with Crippen LogP contribution in [0.3, 0.4) is 0 Å². The summed E-state index contributed by atoms with van der Waals surface area (Å²) in [7, 11) is 0. The fourth-order valence-corrected chi connectivity index (χ4v) is 1.58. The summed E-state index contributed by atoms with van der Waals surface area (Å²) in [5, 5.41) is 0. The molecule has 0 radical (unpaired) electrons. The van der Waals surface area contributed by atoms with Gasteiger partial charge in [0.15, 0.2) is 0 Å². The molecule has 0 aromatic rings. The van der Waals surface area contributed by atoms with Gasteiger partial charge in [0.1, 0.15) is 0 Å². The smallest absolute Gasteiger partial charge is 0.0130 e. The van der Waals surface area contributed by atoms with E-state index < -0.39 is 0 Å². The lowest BCUT2D eigenvalue weighted by molar-refractivity contribution is 0.562. The first-order valence-corrected chi connectivity index (χ1v) is 5.14. The Bertz CT molecular complexity index is 196. The highest BCUT2D eigenvalue weighted by molar-refractivity contribution is 5.32. The molecular weight excluding hydrogens is 144 g/mol. The molecule has 0 fully saturated rings. The quantitative estimate of drug-likeness (QED) is 0.587. The van der Waals surface area contributed by atoms with E-state index in [4.69, 9.17) is 0 Å². The Morgan fingerprint density at radius 2 is 2.17 bits per heavy atom. The molecule has 0 bridgehead atoms. The molecule has 0 aromatic heterocycles. The van der Waals surface area contributed by atoms with Gasteiger partial charge in [-0.25, -0.2) is 0 Å². The molecule has 0 aromatic carbocycles. The van der Waals surface area contributed by atoms with Crippen molar-refractivity contribution in [3.8, 4) is 0 Å². The van der Waals surface area contributed by atoms with Crippen LogP contribution in [0.5, 0.6) is 0 Å². The predicted octanol–water partition coefficient (Wildman–Crippen LogP) is 4.09. The average molecular weight is 164 g/mol. The van der Waals surface area contributed by atoms with E-state index in [0.29, 0.717) is 0 Å². The molecular formula is C12H20. The Balaban J connectivity index is 2.40. The van der Waals surface area contributed by atoms with Crippen LogP contribution in [0.1, 0.15) is 46.5 Å². The van der Waals surface area contributed by atoms with Crippen LogP contribution in [0.2, 0.25) is 0 Å². The molecule has 12 heavy (non-hydrogen) atoms. The molecule has 1 atom stereocenters. The van der Waals surface area contributed by atoms with E-state index in [-0.39, 0.29) is 0 Å². The van der Waals surface area contributed by atoms with E-state index in [1.165, 1.54) is 25.7 Å². The first kappa shape index (κ1) is 9.57. The lowest BCUT2D eigenvalue weighted by Crippen LogP contribution is -1.91. The molecule has 0 spiro atoms. The van der Waals surface area contributed by atoms with Crippen LogP contribution in [0.15, 0.2) is 23.3 Å². The molecule has 1 rings (SSSR count). The van der Waals surface area contributed by atoms with Crippen molar-refractivity contribution in [3.05, 3.63) is 23.3 Å². The van der Waals surface area contributed by atoms with Crippen LogP contribution < -0.4 is 0 Å². The van der Waals surface area contributed by atoms with Gasteiger partial charge in [-0.1, -0.05) is 50.5 Å². The van der Waals surface area contributed by atoms with Crippen molar-refractivity contribution in [2.75, 3.05) is 0 Å². The molecule has 0 saturated heterocycles. The Hall–Kier alpha value is -0.520. The lowest BCUT2D eigenvalue weighted by atomic mass is 9.99. The monoisotopic (exact) mass is 164 g/mol. The summed E-state index contributed by atoms with van der Waals surface area (Å²) in [6.45, 7) is 6.84. The summed E-state index contributed by atoms with van der Waals surface area (Å²) < 4.78 is 0. The molecule has 68 valence electrons. The highest BCUT2D eigenvalue weighted by Crippen LogP contribution is 2.25. The van der Waals surface area contributed by atoms with Crippen molar-refractivity contribution in [3.63, 3.8) is 0 Å². The molecule has 0 nitrogen and oxygen atoms in total. The second kappa shape index (κ2) is 4.49. The molecule has 1 aliphatic carbocycles. The van der Waals surface area contributed by atoms with Crippen molar-refractivity contribution in [2.24, 2.45) is 5.92 Å². The van der Waals surface area contributed by atoms with Crippen molar-refractivity contribution < 1.29 is 0 Å². The maximum atomic E-state index is 2.40. The van der Waals surface area contributed by atoms with E-state index in [9.17, 15) is 0 Å². The maximum absolute atomic E-state index is 2.40. The Morgan fingerprint density at radius 1 is 1.42 bits per heavy atom. The Kier molecular flexibility index (Phi) is 3.58. The first-order chi connectivity index (χ1) is 5.76. The fourth-order valence-electron chi connectivity index (χ4n) is 1.58. The molecule has 0 amide bonds. The van der Waals surface area contributed by atoms with Crippen LogP contribution in [0.4, 0.5) is 0 Å². The van der Waals surface area contributed by atoms with Gasteiger partial charge < -0.3 is 0 Å². The van der Waals surface area contributed by atoms with Crippen LogP contribution in [0, 0.1) is 5.92 Å². The third-order valence-electron chi connectivity index (χ3n) is 2.75. The van der Waals surface area contributed by atoms with Gasteiger partial charge in [-0.3, -0.25) is 0 Å². The lowest BCUT2D eigenvalue weighted by Gasteiger charge is -2.06. The van der Waals surface area contributed by atoms with Crippen LogP contribution >= 0.6 is 0 Å². The molecule has 0 heteroatoms. The molecule has 0 heterocycles. The minimum absolute atomic E-state index is 0.851. The van der Waals surface area contributed by atoms with Gasteiger partial charge in [-0.2, -0.15) is 0 Å². The number of hydrogen-bond donors (Lipinski definition) is 0. The van der Waals surface area contributed by atoms with Gasteiger partial charge in [0.05, 0.1) is 0 Å². The van der Waals surface area contributed by atoms with Gasteiger partial charge in [0.2, 0.25) is 0 Å². The van der Waals surface area contributed by atoms with Crippen LogP contribution in [0.25, 0.3) is 0 Å². The second-order valence-electron chi connectivity index (χ2n) is 3.86. The predicted molar refractivity (Wildman–Crippen MR) is 55.1 cm³/mol. The topological polar surface area (TPSA) is 0 Å². The van der Waals surface area contributed by atoms with Gasteiger partial charge in [0.25, 0.3) is 0 Å². The van der Waals surface area contributed by atoms with E-state index in [2.05, 4.69) is 32.9 Å². The normalized spacial score (nSPS) is 18.9. The zero-order chi connectivity index (χ0) is 8.97. The van der Waals surface area contributed by atoms with E-state index >= 15 is 0 Å². The van der Waals surface area contributed by atoms with E-state index in [0.717, 1.165) is 5.92 Å². The average Bonchev–Trinajstić information content (AvgIpc) is 2.52. The fraction of sp³-hybridized carbons (Fsp3) is 0.667. The zero-order valence-electron chi connectivity index (χ0n) is 8.56. The maximum Gasteiger partial charge on any atom is -0.0130 e. The number of rotatable bonds is 4. The van der Waals surface area contributed by atoms with Gasteiger partial charge in [-0.15, -0.1) is 0 Å². The van der Waals surface area contributed by atoms with E-state index in [1.807, 2.05) is 0 Å². The Labute approximate surface area is 76.4 Å². The minimum atomic E-state index is 0.851. The van der Waals surface area contributed by atoms with Gasteiger partial charge in [-0.05, 0) is 25.2 Å². The summed E-state index contributed by atoms with van der Waals surface area (Å²) in [5.74, 6) is 0.851. The zero-order valence-corrected chi connectivity index (χ0v) is 8.56. The highest BCUT2D eigenvalue weighted by Gasteiger charge is 2.07. The number of allylic oxidation sites excluding steroid dienone is 4. The highest BCUT2D eigenvalue weighted by atomic mass is 14.1. The molecule has 1 aliphatic rings. The molecule has 0 saturated carbocycles. The first-order valence-electron chi connectivity index (χ1n) is 5.14. The third kappa shape index (κ3) is 2.51. The summed E-state index contributed by atoms with van der Waals surface area (Å²) in [5.41, 5.74) is 3.18. The summed E-state index contributed by atoms with van der Waals surface area (Å²) in [4.78, 5) is 0. The van der Waals surface area contributed by atoms with Crippen molar-refractivity contribution >= 4 is 0 Å². The van der Waals surface area contributed by atoms with Gasteiger partial charge >= 0.3 is 0 Å². The molecule has 0 aliphatic heterocycles. The van der Waals surface area contributed by atoms with Crippen LogP contribution in [-0.4, -0.2) is 0 Å². The Morgan fingerprint density at radius 3 is 2.67 bits per heavy atom. The summed E-state index contributed by atoms with van der Waals surface area (Å²) >= 11 is 0. The van der Waals surface area contributed by atoms with Crippen LogP contribution in [-0.2, 0) is 0 Å². The minimum Gasteiger partial charge on any atom is -0.0772 e. The summed E-state index contributed by atoms with van der Waals surface area (Å²) in [6.07, 6.45) is 9.80. The largest absolute Gasteiger partial charge is 0.0772 e. The summed E-state index contributed by atoms with van der Waals surface area (Å²) in [6, 6.07) is 0. The molecule has 0 N–H and O–H groups in total. The van der Waals surface area contributed by atoms with E-state index in [1.54, 1.807) is 11.1 Å². The third-order valence-corrected chi connectivity index (χ3v) is 2.75. The van der Waals surface area contributed by atoms with Crippen molar-refractivity contribution in [1.29, 1.82) is 0 Å². The van der Waals surface area contributed by atoms with Crippen molar-refractivity contribution in [2.45, 2.75) is 46.5 Å². The number of hydrogen-bond acceptors (Lipinski definition) is 0.